The van der Waals surface area contributed by atoms with Crippen LogP contribution in [0.4, 0.5) is 5.13 Å². The van der Waals surface area contributed by atoms with Gasteiger partial charge in [0, 0.05) is 32.9 Å². The summed E-state index contributed by atoms with van der Waals surface area (Å²) in [6, 6.07) is 10.1. The first-order chi connectivity index (χ1) is 11.3. The molecule has 0 fully saturated rings. The van der Waals surface area contributed by atoms with E-state index < -0.39 is 0 Å². The van der Waals surface area contributed by atoms with E-state index in [1.165, 1.54) is 0 Å². The molecule has 0 saturated carbocycles. The third-order valence-electron chi connectivity index (χ3n) is 3.50. The molecular weight excluding hydrogens is 312 g/mol. The van der Waals surface area contributed by atoms with Crippen LogP contribution in [0.1, 0.15) is 0 Å². The van der Waals surface area contributed by atoms with Crippen molar-refractivity contribution in [2.24, 2.45) is 0 Å². The van der Waals surface area contributed by atoms with Crippen molar-refractivity contribution in [1.29, 1.82) is 0 Å². The molecule has 0 unspecified atom stereocenters. The Kier molecular flexibility index (Phi) is 5.22. The molecule has 0 aliphatic carbocycles. The Balaban J connectivity index is 1.83. The Hall–Kier alpha value is -1.96. The van der Waals surface area contributed by atoms with Gasteiger partial charge < -0.3 is 14.4 Å². The predicted molar refractivity (Wildman–Crippen MR) is 92.3 cm³/mol. The van der Waals surface area contributed by atoms with Crippen LogP contribution in [0.25, 0.3) is 16.2 Å². The molecule has 0 spiro atoms. The molecule has 0 radical (unpaired) electrons. The van der Waals surface area contributed by atoms with Crippen molar-refractivity contribution in [2.45, 2.75) is 0 Å². The van der Waals surface area contributed by atoms with Gasteiger partial charge in [-0.2, -0.15) is 0 Å². The Bertz CT molecular complexity index is 701. The number of rotatable bonds is 8. The van der Waals surface area contributed by atoms with Crippen LogP contribution in [0.5, 0.6) is 0 Å². The normalized spacial score (nSPS) is 11.2. The van der Waals surface area contributed by atoms with E-state index in [0.717, 1.165) is 34.4 Å². The number of fused-ring (bicyclic) bond motifs is 1. The van der Waals surface area contributed by atoms with Crippen LogP contribution in [0.15, 0.2) is 36.5 Å². The average molecular weight is 332 g/mol. The summed E-state index contributed by atoms with van der Waals surface area (Å²) >= 11 is 1.58. The molecule has 1 aromatic carbocycles. The Morgan fingerprint density at radius 2 is 1.78 bits per heavy atom. The van der Waals surface area contributed by atoms with E-state index in [1.807, 2.05) is 28.9 Å². The van der Waals surface area contributed by atoms with Crippen molar-refractivity contribution >= 4 is 21.4 Å². The quantitative estimate of drug-likeness (QED) is 0.634. The van der Waals surface area contributed by atoms with Crippen molar-refractivity contribution < 1.29 is 9.47 Å². The summed E-state index contributed by atoms with van der Waals surface area (Å²) in [6.45, 7) is 2.87. The van der Waals surface area contributed by atoms with E-state index in [0.29, 0.717) is 13.2 Å². The van der Waals surface area contributed by atoms with Crippen LogP contribution < -0.4 is 4.90 Å². The van der Waals surface area contributed by atoms with Gasteiger partial charge in [0.15, 0.2) is 0 Å². The maximum atomic E-state index is 5.18. The molecule has 2 heterocycles. The van der Waals surface area contributed by atoms with Crippen LogP contribution >= 0.6 is 11.3 Å². The summed E-state index contributed by atoms with van der Waals surface area (Å²) in [6.07, 6.45) is 1.97. The second kappa shape index (κ2) is 7.54. The molecule has 0 aliphatic rings. The topological polar surface area (TPSA) is 51.9 Å². The lowest BCUT2D eigenvalue weighted by molar-refractivity contribution is 0.190. The fourth-order valence-electron chi connectivity index (χ4n) is 2.27. The van der Waals surface area contributed by atoms with Crippen molar-refractivity contribution in [2.75, 3.05) is 45.4 Å². The molecule has 0 N–H and O–H groups in total. The Morgan fingerprint density at radius 1 is 1.09 bits per heavy atom. The third-order valence-corrected chi connectivity index (χ3v) is 4.49. The molecule has 0 saturated heterocycles. The first-order valence-corrected chi connectivity index (χ1v) is 8.28. The standard InChI is InChI=1S/C16H20N4O2S/c1-21-10-8-19(9-11-22-2)16-18-20-12-14(17-15(20)23-16)13-6-4-3-5-7-13/h3-7,12H,8-11H2,1-2H3. The van der Waals surface area contributed by atoms with Crippen molar-refractivity contribution in [3.63, 3.8) is 0 Å². The van der Waals surface area contributed by atoms with E-state index in [4.69, 9.17) is 9.47 Å². The van der Waals surface area contributed by atoms with Gasteiger partial charge in [-0.05, 0) is 0 Å². The molecule has 3 aromatic rings. The van der Waals surface area contributed by atoms with E-state index in [-0.39, 0.29) is 0 Å². The third kappa shape index (κ3) is 3.69. The van der Waals surface area contributed by atoms with E-state index in [1.54, 1.807) is 25.6 Å². The minimum atomic E-state index is 0.654. The average Bonchev–Trinajstić information content (AvgIpc) is 3.15. The van der Waals surface area contributed by atoms with E-state index >= 15 is 0 Å². The minimum Gasteiger partial charge on any atom is -0.383 e. The number of aromatic nitrogens is 3. The summed E-state index contributed by atoms with van der Waals surface area (Å²) in [5.41, 5.74) is 2.04. The SMILES string of the molecule is COCCN(CCOC)c1nn2cc(-c3ccccc3)nc2s1. The Labute approximate surface area is 139 Å². The molecule has 0 atom stereocenters. The summed E-state index contributed by atoms with van der Waals surface area (Å²) < 4.78 is 12.2. The van der Waals surface area contributed by atoms with E-state index in [9.17, 15) is 0 Å². The van der Waals surface area contributed by atoms with Gasteiger partial charge in [0.1, 0.15) is 0 Å². The van der Waals surface area contributed by atoms with Crippen LogP contribution in [0, 0.1) is 0 Å². The largest absolute Gasteiger partial charge is 0.383 e. The molecule has 122 valence electrons. The zero-order valence-electron chi connectivity index (χ0n) is 13.3. The fourth-order valence-corrected chi connectivity index (χ4v) is 3.21. The van der Waals surface area contributed by atoms with Crippen molar-refractivity contribution in [1.82, 2.24) is 14.6 Å². The lowest BCUT2D eigenvalue weighted by Crippen LogP contribution is -2.30. The molecule has 7 heteroatoms. The van der Waals surface area contributed by atoms with Crippen molar-refractivity contribution in [3.8, 4) is 11.3 Å². The maximum absolute atomic E-state index is 5.18. The summed E-state index contributed by atoms with van der Waals surface area (Å²) in [4.78, 5) is 7.73. The van der Waals surface area contributed by atoms with Gasteiger partial charge in [-0.25, -0.2) is 9.50 Å². The molecule has 2 aromatic heterocycles. The zero-order valence-corrected chi connectivity index (χ0v) is 14.1. The van der Waals surface area contributed by atoms with Gasteiger partial charge in [-0.15, -0.1) is 5.10 Å². The van der Waals surface area contributed by atoms with Crippen LogP contribution in [-0.2, 0) is 9.47 Å². The predicted octanol–water partition coefficient (Wildman–Crippen LogP) is 2.56. The highest BCUT2D eigenvalue weighted by Gasteiger charge is 2.14. The zero-order chi connectivity index (χ0) is 16.1. The molecule has 6 nitrogen and oxygen atoms in total. The van der Waals surface area contributed by atoms with Gasteiger partial charge in [-0.1, -0.05) is 41.7 Å². The van der Waals surface area contributed by atoms with Gasteiger partial charge in [0.2, 0.25) is 10.1 Å². The number of hydrogen-bond donors (Lipinski definition) is 0. The second-order valence-electron chi connectivity index (χ2n) is 5.08. The minimum absolute atomic E-state index is 0.654. The number of methoxy groups -OCH3 is 2. The van der Waals surface area contributed by atoms with Crippen molar-refractivity contribution in [3.05, 3.63) is 36.5 Å². The lowest BCUT2D eigenvalue weighted by atomic mass is 10.2. The fraction of sp³-hybridized carbons (Fsp3) is 0.375. The summed E-state index contributed by atoms with van der Waals surface area (Å²) in [5.74, 6) is 0. The number of ether oxygens (including phenoxy) is 2. The van der Waals surface area contributed by atoms with Gasteiger partial charge >= 0.3 is 0 Å². The molecule has 0 bridgehead atoms. The van der Waals surface area contributed by atoms with Gasteiger partial charge in [0.05, 0.1) is 25.1 Å². The highest BCUT2D eigenvalue weighted by molar-refractivity contribution is 7.20. The first-order valence-electron chi connectivity index (χ1n) is 7.46. The van der Waals surface area contributed by atoms with Gasteiger partial charge in [0.25, 0.3) is 0 Å². The summed E-state index contributed by atoms with van der Waals surface area (Å²) in [5, 5.41) is 5.58. The molecular formula is C16H20N4O2S. The number of nitrogens with zero attached hydrogens (tertiary/aromatic N) is 4. The lowest BCUT2D eigenvalue weighted by Gasteiger charge is -2.20. The second-order valence-corrected chi connectivity index (χ2v) is 6.01. The highest BCUT2D eigenvalue weighted by Crippen LogP contribution is 2.26. The molecule has 0 amide bonds. The van der Waals surface area contributed by atoms with E-state index in [2.05, 4.69) is 27.1 Å². The van der Waals surface area contributed by atoms with Crippen LogP contribution in [-0.4, -0.2) is 55.1 Å². The first kappa shape index (κ1) is 15.9. The molecule has 0 aliphatic heterocycles. The number of hydrogen-bond acceptors (Lipinski definition) is 6. The Morgan fingerprint density at radius 3 is 2.39 bits per heavy atom. The highest BCUT2D eigenvalue weighted by atomic mass is 32.1. The monoisotopic (exact) mass is 332 g/mol. The number of benzene rings is 1. The molecule has 3 rings (SSSR count). The maximum Gasteiger partial charge on any atom is 0.214 e. The van der Waals surface area contributed by atoms with Crippen LogP contribution in [0.3, 0.4) is 0 Å². The smallest absolute Gasteiger partial charge is 0.214 e. The molecule has 23 heavy (non-hydrogen) atoms. The number of imidazole rings is 1. The van der Waals surface area contributed by atoms with Crippen LogP contribution in [0.2, 0.25) is 0 Å². The number of anilines is 1. The van der Waals surface area contributed by atoms with Gasteiger partial charge in [-0.3, -0.25) is 0 Å². The summed E-state index contributed by atoms with van der Waals surface area (Å²) in [7, 11) is 3.41.